The van der Waals surface area contributed by atoms with Crippen molar-refractivity contribution < 1.29 is 19.0 Å². The van der Waals surface area contributed by atoms with Crippen molar-refractivity contribution in [2.45, 2.75) is 20.1 Å². The predicted octanol–water partition coefficient (Wildman–Crippen LogP) is 2.93. The molecule has 0 aliphatic heterocycles. The highest BCUT2D eigenvalue weighted by Crippen LogP contribution is 2.26. The number of carbonyl (C=O) groups excluding carboxylic acids is 1. The van der Waals surface area contributed by atoms with Gasteiger partial charge < -0.3 is 19.5 Å². The molecular weight excluding hydrogens is 306 g/mol. The molecule has 0 spiro atoms. The van der Waals surface area contributed by atoms with Crippen LogP contribution in [-0.2, 0) is 22.7 Å². The highest BCUT2D eigenvalue weighted by molar-refractivity contribution is 5.77. The van der Waals surface area contributed by atoms with Crippen LogP contribution < -0.4 is 14.8 Å². The van der Waals surface area contributed by atoms with E-state index in [4.69, 9.17) is 14.2 Å². The zero-order valence-electron chi connectivity index (χ0n) is 14.1. The first-order chi connectivity index (χ1) is 11.7. The first-order valence-corrected chi connectivity index (χ1v) is 7.91. The van der Waals surface area contributed by atoms with E-state index in [0.29, 0.717) is 31.3 Å². The SMILES string of the molecule is CCOc1ccccc1OCC(=O)NCc1ccccc1COC. The molecule has 128 valence electrons. The third-order valence-electron chi connectivity index (χ3n) is 3.40. The summed E-state index contributed by atoms with van der Waals surface area (Å²) in [5, 5.41) is 2.86. The van der Waals surface area contributed by atoms with E-state index in [-0.39, 0.29) is 12.5 Å². The van der Waals surface area contributed by atoms with Gasteiger partial charge in [0.05, 0.1) is 13.2 Å². The largest absolute Gasteiger partial charge is 0.490 e. The molecule has 0 aliphatic rings. The quantitative estimate of drug-likeness (QED) is 0.768. The molecule has 2 aromatic carbocycles. The minimum Gasteiger partial charge on any atom is -0.490 e. The molecule has 2 rings (SSSR count). The molecule has 0 fully saturated rings. The van der Waals surface area contributed by atoms with Crippen LogP contribution in [0, 0.1) is 0 Å². The second-order valence-corrected chi connectivity index (χ2v) is 5.15. The lowest BCUT2D eigenvalue weighted by Crippen LogP contribution is -2.28. The molecule has 0 saturated carbocycles. The average molecular weight is 329 g/mol. The van der Waals surface area contributed by atoms with E-state index in [1.165, 1.54) is 0 Å². The van der Waals surface area contributed by atoms with E-state index in [9.17, 15) is 4.79 Å². The van der Waals surface area contributed by atoms with Gasteiger partial charge in [0, 0.05) is 13.7 Å². The van der Waals surface area contributed by atoms with Gasteiger partial charge in [-0.1, -0.05) is 36.4 Å². The average Bonchev–Trinajstić information content (AvgIpc) is 2.61. The number of hydrogen-bond acceptors (Lipinski definition) is 4. The minimum atomic E-state index is -0.187. The van der Waals surface area contributed by atoms with E-state index in [2.05, 4.69) is 5.32 Å². The van der Waals surface area contributed by atoms with Gasteiger partial charge in [0.15, 0.2) is 18.1 Å². The smallest absolute Gasteiger partial charge is 0.258 e. The third kappa shape index (κ3) is 5.28. The van der Waals surface area contributed by atoms with Gasteiger partial charge in [-0.05, 0) is 30.2 Å². The van der Waals surface area contributed by atoms with Crippen LogP contribution in [0.3, 0.4) is 0 Å². The van der Waals surface area contributed by atoms with Crippen molar-refractivity contribution in [2.24, 2.45) is 0 Å². The lowest BCUT2D eigenvalue weighted by molar-refractivity contribution is -0.123. The molecule has 1 amide bonds. The molecule has 0 radical (unpaired) electrons. The van der Waals surface area contributed by atoms with Crippen LogP contribution in [-0.4, -0.2) is 26.2 Å². The van der Waals surface area contributed by atoms with Gasteiger partial charge in [0.2, 0.25) is 0 Å². The van der Waals surface area contributed by atoms with Crippen LogP contribution in [0.1, 0.15) is 18.1 Å². The maximum Gasteiger partial charge on any atom is 0.258 e. The Morgan fingerprint density at radius 2 is 1.58 bits per heavy atom. The topological polar surface area (TPSA) is 56.8 Å². The van der Waals surface area contributed by atoms with Gasteiger partial charge in [-0.2, -0.15) is 0 Å². The maximum atomic E-state index is 12.0. The molecule has 0 bridgehead atoms. The van der Waals surface area contributed by atoms with Crippen LogP contribution in [0.15, 0.2) is 48.5 Å². The molecule has 5 heteroatoms. The molecule has 1 N–H and O–H groups in total. The summed E-state index contributed by atoms with van der Waals surface area (Å²) in [4.78, 5) is 12.0. The molecule has 0 heterocycles. The summed E-state index contributed by atoms with van der Waals surface area (Å²) < 4.78 is 16.2. The highest BCUT2D eigenvalue weighted by Gasteiger charge is 2.08. The Labute approximate surface area is 142 Å². The van der Waals surface area contributed by atoms with Crippen molar-refractivity contribution >= 4 is 5.91 Å². The predicted molar refractivity (Wildman–Crippen MR) is 92.1 cm³/mol. The Morgan fingerprint density at radius 3 is 2.25 bits per heavy atom. The normalized spacial score (nSPS) is 10.2. The first kappa shape index (κ1) is 17.8. The number of ether oxygens (including phenoxy) is 3. The Kier molecular flexibility index (Phi) is 7.11. The van der Waals surface area contributed by atoms with Crippen LogP contribution in [0.5, 0.6) is 11.5 Å². The Hall–Kier alpha value is -2.53. The second kappa shape index (κ2) is 9.57. The maximum absolute atomic E-state index is 12.0. The standard InChI is InChI=1S/C19H23NO4/c1-3-23-17-10-6-7-11-18(17)24-14-19(21)20-12-15-8-4-5-9-16(15)13-22-2/h4-11H,3,12-14H2,1-2H3,(H,20,21). The molecule has 5 nitrogen and oxygen atoms in total. The molecule has 0 unspecified atom stereocenters. The lowest BCUT2D eigenvalue weighted by atomic mass is 10.1. The van der Waals surface area contributed by atoms with Crippen LogP contribution >= 0.6 is 0 Å². The molecule has 0 saturated heterocycles. The van der Waals surface area contributed by atoms with Crippen molar-refractivity contribution in [1.82, 2.24) is 5.32 Å². The van der Waals surface area contributed by atoms with Crippen LogP contribution in [0.4, 0.5) is 0 Å². The molecule has 24 heavy (non-hydrogen) atoms. The summed E-state index contributed by atoms with van der Waals surface area (Å²) in [5.41, 5.74) is 2.09. The summed E-state index contributed by atoms with van der Waals surface area (Å²) >= 11 is 0. The van der Waals surface area contributed by atoms with Gasteiger partial charge in [-0.3, -0.25) is 4.79 Å². The fourth-order valence-corrected chi connectivity index (χ4v) is 2.26. The van der Waals surface area contributed by atoms with Gasteiger partial charge in [-0.25, -0.2) is 0 Å². The van der Waals surface area contributed by atoms with Crippen molar-refractivity contribution in [3.05, 3.63) is 59.7 Å². The fraction of sp³-hybridized carbons (Fsp3) is 0.316. The van der Waals surface area contributed by atoms with Crippen molar-refractivity contribution in [3.8, 4) is 11.5 Å². The monoisotopic (exact) mass is 329 g/mol. The second-order valence-electron chi connectivity index (χ2n) is 5.15. The Morgan fingerprint density at radius 1 is 0.958 bits per heavy atom. The van der Waals surface area contributed by atoms with Crippen molar-refractivity contribution in [2.75, 3.05) is 20.3 Å². The summed E-state index contributed by atoms with van der Waals surface area (Å²) in [6.45, 7) is 3.35. The van der Waals surface area contributed by atoms with E-state index in [1.54, 1.807) is 13.2 Å². The lowest BCUT2D eigenvalue weighted by Gasteiger charge is -2.12. The molecule has 0 aliphatic carbocycles. The van der Waals surface area contributed by atoms with E-state index >= 15 is 0 Å². The molecule has 0 atom stereocenters. The third-order valence-corrected chi connectivity index (χ3v) is 3.40. The first-order valence-electron chi connectivity index (χ1n) is 7.91. The Balaban J connectivity index is 1.86. The van der Waals surface area contributed by atoms with Crippen molar-refractivity contribution in [3.63, 3.8) is 0 Å². The summed E-state index contributed by atoms with van der Waals surface area (Å²) in [7, 11) is 1.65. The fourth-order valence-electron chi connectivity index (χ4n) is 2.26. The number of amides is 1. The van der Waals surface area contributed by atoms with E-state index in [0.717, 1.165) is 11.1 Å². The zero-order valence-corrected chi connectivity index (χ0v) is 14.1. The number of benzene rings is 2. The van der Waals surface area contributed by atoms with Gasteiger partial charge in [0.25, 0.3) is 5.91 Å². The van der Waals surface area contributed by atoms with Crippen LogP contribution in [0.25, 0.3) is 0 Å². The van der Waals surface area contributed by atoms with Crippen LogP contribution in [0.2, 0.25) is 0 Å². The minimum absolute atomic E-state index is 0.0590. The van der Waals surface area contributed by atoms with E-state index in [1.807, 2.05) is 49.4 Å². The molecular formula is C19H23NO4. The molecule has 2 aromatic rings. The van der Waals surface area contributed by atoms with Gasteiger partial charge >= 0.3 is 0 Å². The number of carbonyl (C=O) groups is 1. The number of methoxy groups -OCH3 is 1. The van der Waals surface area contributed by atoms with Crippen molar-refractivity contribution in [1.29, 1.82) is 0 Å². The molecule has 0 aromatic heterocycles. The van der Waals surface area contributed by atoms with Gasteiger partial charge in [0.1, 0.15) is 0 Å². The summed E-state index contributed by atoms with van der Waals surface area (Å²) in [5.74, 6) is 1.01. The number of para-hydroxylation sites is 2. The Bertz CT molecular complexity index is 602. The van der Waals surface area contributed by atoms with Gasteiger partial charge in [-0.15, -0.1) is 0 Å². The summed E-state index contributed by atoms with van der Waals surface area (Å²) in [6.07, 6.45) is 0. The number of rotatable bonds is 9. The zero-order chi connectivity index (χ0) is 17.2. The summed E-state index contributed by atoms with van der Waals surface area (Å²) in [6, 6.07) is 15.2. The highest BCUT2D eigenvalue weighted by atomic mass is 16.5. The van der Waals surface area contributed by atoms with E-state index < -0.39 is 0 Å². The number of hydrogen-bond donors (Lipinski definition) is 1. The number of nitrogens with one attached hydrogen (secondary N) is 1.